The Balaban J connectivity index is 1.36. The summed E-state index contributed by atoms with van der Waals surface area (Å²) in [5.74, 6) is 0.388. The van der Waals surface area contributed by atoms with Crippen molar-refractivity contribution in [1.29, 1.82) is 0 Å². The number of nitrogens with zero attached hydrogens (tertiary/aromatic N) is 7. The van der Waals surface area contributed by atoms with Gasteiger partial charge >= 0.3 is 0 Å². The summed E-state index contributed by atoms with van der Waals surface area (Å²) < 4.78 is 3.44. The van der Waals surface area contributed by atoms with Crippen LogP contribution in [0.5, 0.6) is 0 Å². The van der Waals surface area contributed by atoms with Gasteiger partial charge in [0, 0.05) is 62.3 Å². The molecule has 37 heavy (non-hydrogen) atoms. The predicted octanol–water partition coefficient (Wildman–Crippen LogP) is 2.78. The highest BCUT2D eigenvalue weighted by Gasteiger charge is 2.18. The number of hydrogen-bond donors (Lipinski definition) is 2. The fourth-order valence-corrected chi connectivity index (χ4v) is 5.13. The zero-order valence-corrected chi connectivity index (χ0v) is 21.1. The van der Waals surface area contributed by atoms with E-state index in [2.05, 4.69) is 51.2 Å². The average molecular weight is 499 g/mol. The quantitative estimate of drug-likeness (QED) is 0.368. The Kier molecular flexibility index (Phi) is 5.97. The number of aliphatic hydroxyl groups excluding tert-OH is 1. The third-order valence-corrected chi connectivity index (χ3v) is 7.09. The molecule has 0 bridgehead atoms. The number of para-hydroxylation sites is 1. The van der Waals surface area contributed by atoms with Crippen LogP contribution < -0.4 is 15.8 Å². The number of piperazine rings is 1. The summed E-state index contributed by atoms with van der Waals surface area (Å²) in [6.45, 7) is 6.81. The number of aryl methyl sites for hydroxylation is 2. The summed E-state index contributed by atoms with van der Waals surface area (Å²) in [4.78, 5) is 32.1. The molecule has 0 saturated carbocycles. The van der Waals surface area contributed by atoms with Gasteiger partial charge in [0.25, 0.3) is 5.56 Å². The number of rotatable bonds is 6. The standard InChI is InChI=1S/C27H30N8O2/c1-18-16-19(8-9-22(18)33-13-11-32(2)12-14-33)29-27-28-17-21-24(31-27)30-25-20-6-3-4-7-23(20)34(10-5-15-36)35(25)26(21)37/h3-4,6-9,16-17,36H,5,10-15H2,1-2H3,(H,28,29,31). The molecule has 1 aliphatic heterocycles. The molecule has 190 valence electrons. The molecule has 10 nitrogen and oxygen atoms in total. The maximum atomic E-state index is 13.5. The Hall–Kier alpha value is -4.02. The number of nitrogens with one attached hydrogen (secondary N) is 1. The van der Waals surface area contributed by atoms with E-state index in [9.17, 15) is 9.90 Å². The summed E-state index contributed by atoms with van der Waals surface area (Å²) in [6, 6.07) is 14.0. The van der Waals surface area contributed by atoms with Crippen LogP contribution in [0.2, 0.25) is 0 Å². The molecule has 0 radical (unpaired) electrons. The number of aliphatic hydroxyl groups is 1. The largest absolute Gasteiger partial charge is 0.396 e. The van der Waals surface area contributed by atoms with Crippen LogP contribution in [-0.2, 0) is 6.54 Å². The van der Waals surface area contributed by atoms with Gasteiger partial charge in [-0.05, 0) is 56.3 Å². The van der Waals surface area contributed by atoms with E-state index in [1.54, 1.807) is 4.52 Å². The molecule has 5 aromatic rings. The van der Waals surface area contributed by atoms with Crippen LogP contribution in [0.1, 0.15) is 12.0 Å². The van der Waals surface area contributed by atoms with Crippen molar-refractivity contribution < 1.29 is 5.11 Å². The monoisotopic (exact) mass is 498 g/mol. The van der Waals surface area contributed by atoms with Gasteiger partial charge in [0.1, 0.15) is 5.39 Å². The van der Waals surface area contributed by atoms with Crippen LogP contribution in [0.15, 0.2) is 53.5 Å². The second kappa shape index (κ2) is 9.45. The number of benzene rings is 2. The lowest BCUT2D eigenvalue weighted by Gasteiger charge is -2.35. The van der Waals surface area contributed by atoms with Gasteiger partial charge in [0.05, 0.1) is 5.52 Å². The second-order valence-corrected chi connectivity index (χ2v) is 9.62. The minimum absolute atomic E-state index is 0.0394. The van der Waals surface area contributed by atoms with Crippen molar-refractivity contribution in [2.24, 2.45) is 0 Å². The van der Waals surface area contributed by atoms with Crippen molar-refractivity contribution in [1.82, 2.24) is 29.0 Å². The fraction of sp³-hybridized carbons (Fsp3) is 0.333. The predicted molar refractivity (Wildman–Crippen MR) is 146 cm³/mol. The van der Waals surface area contributed by atoms with E-state index in [0.717, 1.165) is 42.8 Å². The van der Waals surface area contributed by atoms with Gasteiger partial charge in [-0.25, -0.2) is 9.97 Å². The highest BCUT2D eigenvalue weighted by atomic mass is 16.3. The van der Waals surface area contributed by atoms with Gasteiger partial charge < -0.3 is 20.2 Å². The van der Waals surface area contributed by atoms with Gasteiger partial charge in [-0.2, -0.15) is 9.50 Å². The molecule has 0 amide bonds. The second-order valence-electron chi connectivity index (χ2n) is 9.62. The van der Waals surface area contributed by atoms with E-state index in [1.165, 1.54) is 17.4 Å². The molecular weight excluding hydrogens is 468 g/mol. The van der Waals surface area contributed by atoms with Crippen molar-refractivity contribution in [2.45, 2.75) is 19.9 Å². The zero-order chi connectivity index (χ0) is 25.5. The Morgan fingerprint density at radius 3 is 2.62 bits per heavy atom. The molecule has 1 saturated heterocycles. The van der Waals surface area contributed by atoms with E-state index in [-0.39, 0.29) is 12.2 Å². The molecule has 2 N–H and O–H groups in total. The van der Waals surface area contributed by atoms with Crippen LogP contribution in [-0.4, -0.2) is 74.0 Å². The Morgan fingerprint density at radius 2 is 1.84 bits per heavy atom. The lowest BCUT2D eigenvalue weighted by molar-refractivity contribution is 0.276. The van der Waals surface area contributed by atoms with Crippen LogP contribution >= 0.6 is 0 Å². The first-order chi connectivity index (χ1) is 18.0. The van der Waals surface area contributed by atoms with Crippen molar-refractivity contribution >= 4 is 44.9 Å². The number of anilines is 3. The number of fused-ring (bicyclic) bond motifs is 4. The van der Waals surface area contributed by atoms with Crippen LogP contribution in [0, 0.1) is 6.92 Å². The van der Waals surface area contributed by atoms with Crippen molar-refractivity contribution in [3.05, 3.63) is 64.6 Å². The summed E-state index contributed by atoms with van der Waals surface area (Å²) >= 11 is 0. The van der Waals surface area contributed by atoms with Crippen LogP contribution in [0.25, 0.3) is 27.6 Å². The first kappa shape index (κ1) is 23.4. The van der Waals surface area contributed by atoms with E-state index >= 15 is 0 Å². The molecule has 4 heterocycles. The molecule has 1 aliphatic rings. The first-order valence-electron chi connectivity index (χ1n) is 12.6. The molecule has 0 aliphatic carbocycles. The maximum Gasteiger partial charge on any atom is 0.283 e. The molecule has 0 atom stereocenters. The Bertz CT molecular complexity index is 1670. The third kappa shape index (κ3) is 4.17. The zero-order valence-electron chi connectivity index (χ0n) is 21.1. The van der Waals surface area contributed by atoms with Gasteiger partial charge in [-0.1, -0.05) is 12.1 Å². The molecule has 0 spiro atoms. The summed E-state index contributed by atoms with van der Waals surface area (Å²) in [7, 11) is 2.16. The van der Waals surface area contributed by atoms with Crippen LogP contribution in [0.3, 0.4) is 0 Å². The van der Waals surface area contributed by atoms with Gasteiger partial charge in [-0.3, -0.25) is 9.48 Å². The number of likely N-dealkylation sites (N-methyl/N-ethyl adjacent to an activating group) is 1. The first-order valence-corrected chi connectivity index (χ1v) is 12.6. The SMILES string of the molecule is Cc1cc(Nc2ncc3c(=O)n4c(nc3n2)c2ccccc2n4CCCO)ccc1N1CCN(C)CC1. The molecular formula is C27H30N8O2. The normalized spacial score (nSPS) is 14.7. The maximum absolute atomic E-state index is 13.5. The Morgan fingerprint density at radius 1 is 1.03 bits per heavy atom. The van der Waals surface area contributed by atoms with Crippen LogP contribution in [0.4, 0.5) is 17.3 Å². The minimum Gasteiger partial charge on any atom is -0.396 e. The number of hydrogen-bond acceptors (Lipinski definition) is 8. The van der Waals surface area contributed by atoms with Crippen molar-refractivity contribution in [3.63, 3.8) is 0 Å². The Labute approximate surface area is 213 Å². The van der Waals surface area contributed by atoms with E-state index in [4.69, 9.17) is 4.98 Å². The van der Waals surface area contributed by atoms with E-state index in [0.29, 0.717) is 35.6 Å². The van der Waals surface area contributed by atoms with Gasteiger partial charge in [0.2, 0.25) is 5.95 Å². The topological polar surface area (TPSA) is 104 Å². The van der Waals surface area contributed by atoms with Gasteiger partial charge in [-0.15, -0.1) is 0 Å². The molecule has 2 aromatic carbocycles. The summed E-state index contributed by atoms with van der Waals surface area (Å²) in [6.07, 6.45) is 2.07. The van der Waals surface area contributed by atoms with E-state index < -0.39 is 0 Å². The van der Waals surface area contributed by atoms with Gasteiger partial charge in [0.15, 0.2) is 11.3 Å². The lowest BCUT2D eigenvalue weighted by Crippen LogP contribution is -2.44. The van der Waals surface area contributed by atoms with E-state index in [1.807, 2.05) is 35.0 Å². The molecule has 0 unspecified atom stereocenters. The average Bonchev–Trinajstić information content (AvgIpc) is 3.22. The lowest BCUT2D eigenvalue weighted by atomic mass is 10.1. The fourth-order valence-electron chi connectivity index (χ4n) is 5.13. The summed E-state index contributed by atoms with van der Waals surface area (Å²) in [5, 5.41) is 13.9. The van der Waals surface area contributed by atoms with Crippen molar-refractivity contribution in [2.75, 3.05) is 50.1 Å². The molecule has 6 rings (SSSR count). The highest BCUT2D eigenvalue weighted by molar-refractivity contribution is 5.94. The molecule has 1 fully saturated rings. The molecule has 3 aromatic heterocycles. The third-order valence-electron chi connectivity index (χ3n) is 7.09. The van der Waals surface area contributed by atoms with Crippen molar-refractivity contribution in [3.8, 4) is 0 Å². The summed E-state index contributed by atoms with van der Waals surface area (Å²) in [5.41, 5.74) is 4.86. The highest BCUT2D eigenvalue weighted by Crippen LogP contribution is 2.26. The minimum atomic E-state index is -0.229. The smallest absolute Gasteiger partial charge is 0.283 e. The molecule has 10 heteroatoms. The number of aromatic nitrogens is 5.